The molecule has 0 radical (unpaired) electrons. The summed E-state index contributed by atoms with van der Waals surface area (Å²) in [6.45, 7) is 2.30. The lowest BCUT2D eigenvalue weighted by atomic mass is 9.86. The van der Waals surface area contributed by atoms with Crippen molar-refractivity contribution in [2.24, 2.45) is 5.41 Å². The molecule has 1 heterocycles. The number of carbonyl (C=O) groups is 5. The van der Waals surface area contributed by atoms with Gasteiger partial charge in [0.15, 0.2) is 11.2 Å². The average molecular weight is 482 g/mol. The zero-order valence-electron chi connectivity index (χ0n) is 17.3. The van der Waals surface area contributed by atoms with Crippen molar-refractivity contribution in [3.8, 4) is 0 Å². The van der Waals surface area contributed by atoms with Gasteiger partial charge in [0.05, 0.1) is 19.4 Å². The summed E-state index contributed by atoms with van der Waals surface area (Å²) in [7, 11) is -4.85. The Bertz CT molecular complexity index is 751. The van der Waals surface area contributed by atoms with Gasteiger partial charge in [0, 0.05) is 37.1 Å². The first-order chi connectivity index (χ1) is 14.3. The Labute approximate surface area is 183 Å². The standard InChI is InChI=1S/C17H27N2O10PS/c1-17(2,10-28-30(25,26)27)15-16(24)19-6-5-12(21)18-7-8-31-14(23)9-11(20)3-4-13(22)29-15/h15H,3-10H2,1-2H3,(H,18,21)(H,19,24)(H2,25,26,27)/t15-/m0/s1. The summed E-state index contributed by atoms with van der Waals surface area (Å²) in [5.41, 5.74) is -1.36. The van der Waals surface area contributed by atoms with Crippen LogP contribution in [-0.2, 0) is 37.8 Å². The molecule has 0 aliphatic carbocycles. The zero-order chi connectivity index (χ0) is 23.7. The van der Waals surface area contributed by atoms with E-state index in [-0.39, 0.29) is 55.5 Å². The second-order valence-corrected chi connectivity index (χ2v) is 9.84. The molecule has 0 aromatic carbocycles. The van der Waals surface area contributed by atoms with Crippen molar-refractivity contribution >= 4 is 48.3 Å². The van der Waals surface area contributed by atoms with E-state index < -0.39 is 43.6 Å². The first-order valence-corrected chi connectivity index (χ1v) is 11.9. The Morgan fingerprint density at radius 3 is 2.42 bits per heavy atom. The van der Waals surface area contributed by atoms with Crippen molar-refractivity contribution in [2.75, 3.05) is 25.4 Å². The summed E-state index contributed by atoms with van der Waals surface area (Å²) in [5.74, 6) is -2.27. The lowest BCUT2D eigenvalue weighted by molar-refractivity contribution is -0.165. The highest BCUT2D eigenvalue weighted by Crippen LogP contribution is 2.39. The van der Waals surface area contributed by atoms with E-state index in [1.165, 1.54) is 13.8 Å². The molecule has 4 N–H and O–H groups in total. The highest BCUT2D eigenvalue weighted by molar-refractivity contribution is 8.13. The fourth-order valence-electron chi connectivity index (χ4n) is 2.46. The van der Waals surface area contributed by atoms with Gasteiger partial charge in [0.25, 0.3) is 5.91 Å². The van der Waals surface area contributed by atoms with Gasteiger partial charge >= 0.3 is 13.8 Å². The van der Waals surface area contributed by atoms with Crippen molar-refractivity contribution in [1.29, 1.82) is 0 Å². The molecule has 1 saturated heterocycles. The van der Waals surface area contributed by atoms with E-state index in [9.17, 15) is 28.5 Å². The maximum atomic E-state index is 12.6. The number of nitrogens with one attached hydrogen (secondary N) is 2. The van der Waals surface area contributed by atoms with Gasteiger partial charge in [-0.25, -0.2) is 4.57 Å². The second-order valence-electron chi connectivity index (χ2n) is 7.45. The highest BCUT2D eigenvalue weighted by Gasteiger charge is 2.40. The largest absolute Gasteiger partial charge is 0.469 e. The molecule has 2 amide bonds. The minimum atomic E-state index is -4.85. The fraction of sp³-hybridized carbons (Fsp3) is 0.706. The minimum absolute atomic E-state index is 0.0804. The van der Waals surface area contributed by atoms with Crippen LogP contribution in [0.5, 0.6) is 0 Å². The molecule has 0 saturated carbocycles. The summed E-state index contributed by atoms with van der Waals surface area (Å²) < 4.78 is 20.7. The monoisotopic (exact) mass is 482 g/mol. The SMILES string of the molecule is CC(C)(COP(=O)(O)O)[C@H]1OC(=O)CCC(=O)CC(=O)SCCNC(=O)CCNC1=O. The van der Waals surface area contributed by atoms with Crippen molar-refractivity contribution < 1.29 is 47.6 Å². The lowest BCUT2D eigenvalue weighted by Gasteiger charge is -2.32. The van der Waals surface area contributed by atoms with Crippen LogP contribution in [0.4, 0.5) is 0 Å². The van der Waals surface area contributed by atoms with Crippen LogP contribution in [0.1, 0.15) is 39.5 Å². The minimum Gasteiger partial charge on any atom is -0.452 e. The van der Waals surface area contributed by atoms with E-state index in [0.29, 0.717) is 0 Å². The van der Waals surface area contributed by atoms with Crippen molar-refractivity contribution in [3.05, 3.63) is 0 Å². The Morgan fingerprint density at radius 1 is 1.10 bits per heavy atom. The summed E-state index contributed by atoms with van der Waals surface area (Å²) in [4.78, 5) is 78.1. The van der Waals surface area contributed by atoms with Gasteiger partial charge in [-0.1, -0.05) is 25.6 Å². The predicted molar refractivity (Wildman–Crippen MR) is 109 cm³/mol. The maximum absolute atomic E-state index is 12.6. The summed E-state index contributed by atoms with van der Waals surface area (Å²) in [6, 6.07) is 0. The number of amides is 2. The fourth-order valence-corrected chi connectivity index (χ4v) is 3.66. The molecule has 0 bridgehead atoms. The number of cyclic esters (lactones) is 1. The average Bonchev–Trinajstić information content (AvgIpc) is 2.65. The van der Waals surface area contributed by atoms with Crippen LogP contribution in [0.25, 0.3) is 0 Å². The number of ether oxygens (including phenoxy) is 1. The number of phosphoric acid groups is 1. The van der Waals surface area contributed by atoms with Gasteiger partial charge in [-0.05, 0) is 0 Å². The van der Waals surface area contributed by atoms with Gasteiger partial charge in [0.2, 0.25) is 5.91 Å². The molecular weight excluding hydrogens is 455 g/mol. The van der Waals surface area contributed by atoms with E-state index in [1.807, 2.05) is 0 Å². The van der Waals surface area contributed by atoms with Gasteiger partial charge in [-0.15, -0.1) is 0 Å². The molecule has 0 aromatic heterocycles. The molecule has 1 rings (SSSR count). The Kier molecular flexibility index (Phi) is 10.8. The third-order valence-electron chi connectivity index (χ3n) is 4.09. The first kappa shape index (κ1) is 27.2. The van der Waals surface area contributed by atoms with Gasteiger partial charge in [-0.2, -0.15) is 0 Å². The quantitative estimate of drug-likeness (QED) is 0.233. The van der Waals surface area contributed by atoms with E-state index in [0.717, 1.165) is 11.8 Å². The molecule has 1 aliphatic heterocycles. The lowest BCUT2D eigenvalue weighted by Crippen LogP contribution is -2.49. The van der Waals surface area contributed by atoms with Crippen LogP contribution in [0.3, 0.4) is 0 Å². The molecule has 0 aromatic rings. The van der Waals surface area contributed by atoms with Gasteiger partial charge in [0.1, 0.15) is 5.78 Å². The summed E-state index contributed by atoms with van der Waals surface area (Å²) in [5, 5.41) is 4.63. The molecule has 176 valence electrons. The van der Waals surface area contributed by atoms with Crippen LogP contribution in [0, 0.1) is 5.41 Å². The van der Waals surface area contributed by atoms with Crippen LogP contribution in [0.15, 0.2) is 0 Å². The molecule has 0 unspecified atom stereocenters. The van der Waals surface area contributed by atoms with Crippen LogP contribution < -0.4 is 10.6 Å². The molecule has 12 nitrogen and oxygen atoms in total. The molecule has 1 fully saturated rings. The molecule has 1 aliphatic rings. The number of ketones is 1. The number of carbonyl (C=O) groups excluding carboxylic acids is 5. The van der Waals surface area contributed by atoms with Gasteiger partial charge in [-0.3, -0.25) is 28.5 Å². The third-order valence-corrected chi connectivity index (χ3v) is 5.43. The molecule has 31 heavy (non-hydrogen) atoms. The maximum Gasteiger partial charge on any atom is 0.469 e. The smallest absolute Gasteiger partial charge is 0.452 e. The number of hydrogen-bond donors (Lipinski definition) is 4. The third kappa shape index (κ3) is 11.4. The Hall–Kier alpha value is -1.79. The number of phosphoric ester groups is 1. The van der Waals surface area contributed by atoms with Crippen LogP contribution >= 0.6 is 19.6 Å². The molecule has 0 spiro atoms. The van der Waals surface area contributed by atoms with Crippen LogP contribution in [-0.4, -0.2) is 70.0 Å². The van der Waals surface area contributed by atoms with E-state index >= 15 is 0 Å². The second kappa shape index (κ2) is 12.3. The topological polar surface area (TPSA) is 185 Å². The zero-order valence-corrected chi connectivity index (χ0v) is 19.0. The molecule has 1 atom stereocenters. The predicted octanol–water partition coefficient (Wildman–Crippen LogP) is -0.331. The summed E-state index contributed by atoms with van der Waals surface area (Å²) in [6.07, 6.45) is -2.62. The summed E-state index contributed by atoms with van der Waals surface area (Å²) >= 11 is 0.896. The van der Waals surface area contributed by atoms with Gasteiger partial charge < -0.3 is 25.2 Å². The Morgan fingerprint density at radius 2 is 1.77 bits per heavy atom. The van der Waals surface area contributed by atoms with Crippen molar-refractivity contribution in [3.63, 3.8) is 0 Å². The number of thioether (sulfide) groups is 1. The van der Waals surface area contributed by atoms with E-state index in [4.69, 9.17) is 14.5 Å². The van der Waals surface area contributed by atoms with E-state index in [1.54, 1.807) is 0 Å². The normalized spacial score (nSPS) is 21.7. The van der Waals surface area contributed by atoms with Crippen molar-refractivity contribution in [2.45, 2.75) is 45.6 Å². The highest BCUT2D eigenvalue weighted by atomic mass is 32.2. The first-order valence-electron chi connectivity index (χ1n) is 9.41. The van der Waals surface area contributed by atoms with Crippen LogP contribution in [0.2, 0.25) is 0 Å². The van der Waals surface area contributed by atoms with E-state index in [2.05, 4.69) is 15.2 Å². The van der Waals surface area contributed by atoms with Crippen molar-refractivity contribution in [1.82, 2.24) is 10.6 Å². The number of Topliss-reactive ketones (excluding diaryl/α,β-unsaturated/α-hetero) is 1. The number of rotatable bonds is 4. The number of hydrogen-bond acceptors (Lipinski definition) is 9. The molecule has 14 heteroatoms. The molecular formula is C17H27N2O10PS. The Balaban J connectivity index is 2.96. The number of esters is 1.